The van der Waals surface area contributed by atoms with Crippen molar-refractivity contribution in [2.24, 2.45) is 5.92 Å². The van der Waals surface area contributed by atoms with Gasteiger partial charge in [-0.25, -0.2) is 8.42 Å². The summed E-state index contributed by atoms with van der Waals surface area (Å²) >= 11 is 4.07. The van der Waals surface area contributed by atoms with Gasteiger partial charge in [0.1, 0.15) is 6.04 Å². The highest BCUT2D eigenvalue weighted by molar-refractivity contribution is 7.90. The fourth-order valence-corrected chi connectivity index (χ4v) is 3.07. The molecule has 114 valence electrons. The summed E-state index contributed by atoms with van der Waals surface area (Å²) in [5.74, 6) is -1.05. The van der Waals surface area contributed by atoms with E-state index in [1.54, 1.807) is 6.92 Å². The molecule has 1 rings (SSSR count). The van der Waals surface area contributed by atoms with Gasteiger partial charge in [-0.2, -0.15) is 12.6 Å². The molecule has 1 N–H and O–H groups in total. The Kier molecular flexibility index (Phi) is 6.07. The molecular weight excluding hydrogens is 300 g/mol. The molecular formula is C12H20N2O4S2. The third-order valence-electron chi connectivity index (χ3n) is 3.13. The number of sulfonamides is 1. The summed E-state index contributed by atoms with van der Waals surface area (Å²) in [6.07, 6.45) is 2.36. The summed E-state index contributed by atoms with van der Waals surface area (Å²) in [5, 5.41) is 0. The zero-order valence-electron chi connectivity index (χ0n) is 11.4. The highest BCUT2D eigenvalue weighted by Crippen LogP contribution is 2.20. The number of nitrogens with one attached hydrogen (secondary N) is 1. The zero-order chi connectivity index (χ0) is 15.3. The van der Waals surface area contributed by atoms with Gasteiger partial charge in [0, 0.05) is 18.2 Å². The Hall–Kier alpha value is -1.02. The Bertz CT molecular complexity index is 490. The van der Waals surface area contributed by atoms with E-state index in [2.05, 4.69) is 19.2 Å². The van der Waals surface area contributed by atoms with Gasteiger partial charge in [0.15, 0.2) is 0 Å². The first-order valence-corrected chi connectivity index (χ1v) is 8.67. The molecule has 1 aliphatic rings. The van der Waals surface area contributed by atoms with Crippen LogP contribution < -0.4 is 4.72 Å². The topological polar surface area (TPSA) is 83.6 Å². The molecule has 0 bridgehead atoms. The Morgan fingerprint density at radius 2 is 2.20 bits per heavy atom. The van der Waals surface area contributed by atoms with Gasteiger partial charge in [-0.3, -0.25) is 14.3 Å². The molecule has 2 atom stereocenters. The van der Waals surface area contributed by atoms with E-state index in [0.29, 0.717) is 25.1 Å². The molecule has 0 aromatic rings. The van der Waals surface area contributed by atoms with E-state index in [0.717, 1.165) is 0 Å². The molecule has 20 heavy (non-hydrogen) atoms. The van der Waals surface area contributed by atoms with Crippen LogP contribution in [0.3, 0.4) is 0 Å². The minimum atomic E-state index is -3.71. The van der Waals surface area contributed by atoms with Gasteiger partial charge in [0.2, 0.25) is 15.9 Å². The molecule has 1 aliphatic heterocycles. The minimum absolute atomic E-state index is 0.168. The van der Waals surface area contributed by atoms with Crippen LogP contribution in [0.25, 0.3) is 0 Å². The average molecular weight is 320 g/mol. The highest BCUT2D eigenvalue weighted by Gasteiger charge is 2.36. The van der Waals surface area contributed by atoms with E-state index < -0.39 is 22.0 Å². The van der Waals surface area contributed by atoms with E-state index >= 15 is 0 Å². The Labute approximate surface area is 125 Å². The number of nitrogens with zero attached hydrogens (tertiary/aromatic N) is 1. The van der Waals surface area contributed by atoms with Gasteiger partial charge >= 0.3 is 0 Å². The first-order valence-electron chi connectivity index (χ1n) is 6.39. The zero-order valence-corrected chi connectivity index (χ0v) is 13.1. The van der Waals surface area contributed by atoms with Crippen molar-refractivity contribution >= 4 is 34.5 Å². The number of carbonyl (C=O) groups excluding carboxylic acids is 2. The second-order valence-corrected chi connectivity index (χ2v) is 6.94. The third kappa shape index (κ3) is 4.24. The average Bonchev–Trinajstić information content (AvgIpc) is 2.85. The Balaban J connectivity index is 2.77. The van der Waals surface area contributed by atoms with Crippen LogP contribution in [0.5, 0.6) is 0 Å². The predicted octanol–water partition coefficient (Wildman–Crippen LogP) is 0.175. The lowest BCUT2D eigenvalue weighted by atomic mass is 10.1. The van der Waals surface area contributed by atoms with Crippen LogP contribution >= 0.6 is 12.6 Å². The molecule has 0 unspecified atom stereocenters. The molecule has 0 aliphatic carbocycles. The number of amides is 2. The lowest BCUT2D eigenvalue weighted by Gasteiger charge is -2.26. The number of likely N-dealkylation sites (tertiary alicyclic amines) is 1. The van der Waals surface area contributed by atoms with Gasteiger partial charge in [-0.05, 0) is 12.8 Å². The number of hydrogen-bond acceptors (Lipinski definition) is 5. The lowest BCUT2D eigenvalue weighted by molar-refractivity contribution is -0.140. The smallest absolute Gasteiger partial charge is 0.256 e. The van der Waals surface area contributed by atoms with Crippen molar-refractivity contribution in [2.45, 2.75) is 25.8 Å². The van der Waals surface area contributed by atoms with Gasteiger partial charge in [0.25, 0.3) is 5.91 Å². The molecule has 1 heterocycles. The molecule has 0 spiro atoms. The van der Waals surface area contributed by atoms with Crippen LogP contribution in [0.1, 0.15) is 19.8 Å². The van der Waals surface area contributed by atoms with Crippen LogP contribution in [0.2, 0.25) is 0 Å². The Morgan fingerprint density at radius 1 is 1.55 bits per heavy atom. The van der Waals surface area contributed by atoms with Gasteiger partial charge in [0.05, 0.1) is 5.75 Å². The fourth-order valence-electron chi connectivity index (χ4n) is 2.08. The first-order chi connectivity index (χ1) is 9.32. The van der Waals surface area contributed by atoms with Crippen LogP contribution in [0.15, 0.2) is 12.7 Å². The van der Waals surface area contributed by atoms with Crippen LogP contribution in [0.4, 0.5) is 0 Å². The van der Waals surface area contributed by atoms with Crippen molar-refractivity contribution in [3.05, 3.63) is 12.7 Å². The number of thiol groups is 1. The van der Waals surface area contributed by atoms with Gasteiger partial charge in [-0.1, -0.05) is 13.0 Å². The minimum Gasteiger partial charge on any atom is -0.330 e. The lowest BCUT2D eigenvalue weighted by Crippen LogP contribution is -2.49. The molecule has 8 heteroatoms. The summed E-state index contributed by atoms with van der Waals surface area (Å²) in [5.41, 5.74) is 0. The summed E-state index contributed by atoms with van der Waals surface area (Å²) in [4.78, 5) is 25.6. The van der Waals surface area contributed by atoms with Crippen LogP contribution in [-0.2, 0) is 19.6 Å². The van der Waals surface area contributed by atoms with E-state index in [4.69, 9.17) is 0 Å². The van der Waals surface area contributed by atoms with Crippen LogP contribution in [0, 0.1) is 5.92 Å². The van der Waals surface area contributed by atoms with Gasteiger partial charge < -0.3 is 4.90 Å². The van der Waals surface area contributed by atoms with Crippen LogP contribution in [-0.4, -0.2) is 49.2 Å². The molecule has 2 amide bonds. The number of rotatable bonds is 6. The van der Waals surface area contributed by atoms with Crippen molar-refractivity contribution in [2.75, 3.05) is 18.1 Å². The maximum atomic E-state index is 12.1. The highest BCUT2D eigenvalue weighted by atomic mass is 32.2. The van der Waals surface area contributed by atoms with Crippen molar-refractivity contribution in [3.8, 4) is 0 Å². The van der Waals surface area contributed by atoms with E-state index in [1.165, 1.54) is 11.0 Å². The van der Waals surface area contributed by atoms with Crippen molar-refractivity contribution in [1.82, 2.24) is 9.62 Å². The summed E-state index contributed by atoms with van der Waals surface area (Å²) < 4.78 is 25.1. The number of hydrogen-bond donors (Lipinski definition) is 2. The maximum absolute atomic E-state index is 12.1. The third-order valence-corrected chi connectivity index (χ3v) is 4.86. The largest absolute Gasteiger partial charge is 0.330 e. The maximum Gasteiger partial charge on any atom is 0.256 e. The molecule has 0 radical (unpaired) electrons. The first kappa shape index (κ1) is 17.0. The monoisotopic (exact) mass is 320 g/mol. The van der Waals surface area contributed by atoms with Gasteiger partial charge in [-0.15, -0.1) is 6.58 Å². The second kappa shape index (κ2) is 7.12. The SMILES string of the molecule is C=CCS(=O)(=O)NC(=O)[C@@H]1CCCN1C(=O)[C@H](C)CS. The molecule has 6 nitrogen and oxygen atoms in total. The summed E-state index contributed by atoms with van der Waals surface area (Å²) in [6, 6.07) is -0.718. The molecule has 1 fully saturated rings. The second-order valence-electron chi connectivity index (χ2n) is 4.81. The van der Waals surface area contributed by atoms with Crippen molar-refractivity contribution in [1.29, 1.82) is 0 Å². The molecule has 0 aromatic carbocycles. The molecule has 0 saturated carbocycles. The van der Waals surface area contributed by atoms with E-state index in [-0.39, 0.29) is 17.6 Å². The van der Waals surface area contributed by atoms with E-state index in [1.807, 2.05) is 4.72 Å². The quantitative estimate of drug-likeness (QED) is 0.540. The fraction of sp³-hybridized carbons (Fsp3) is 0.667. The Morgan fingerprint density at radius 3 is 2.75 bits per heavy atom. The molecule has 1 saturated heterocycles. The summed E-state index contributed by atoms with van der Waals surface area (Å²) in [7, 11) is -3.71. The van der Waals surface area contributed by atoms with Crippen molar-refractivity contribution < 1.29 is 18.0 Å². The van der Waals surface area contributed by atoms with E-state index in [9.17, 15) is 18.0 Å². The molecule has 0 aromatic heterocycles. The normalized spacial score (nSPS) is 20.5. The summed E-state index contributed by atoms with van der Waals surface area (Å²) in [6.45, 7) is 5.53. The predicted molar refractivity (Wildman–Crippen MR) is 79.9 cm³/mol. The van der Waals surface area contributed by atoms with Crippen molar-refractivity contribution in [3.63, 3.8) is 0 Å². The number of carbonyl (C=O) groups is 2. The standard InChI is InChI=1S/C12H20N2O4S2/c1-3-7-20(17,18)13-11(15)10-5-4-6-14(10)12(16)9(2)8-19/h3,9-10,19H,1,4-8H2,2H3,(H,13,15)/t9-,10+/m1/s1.